The summed E-state index contributed by atoms with van der Waals surface area (Å²) >= 11 is 0. The summed E-state index contributed by atoms with van der Waals surface area (Å²) in [5, 5.41) is 7.93. The largest absolute Gasteiger partial charge is 0.494 e. The maximum atomic E-state index is 5.70. The van der Waals surface area contributed by atoms with Gasteiger partial charge in [0.25, 0.3) is 0 Å². The first kappa shape index (κ1) is 23.7. The molecule has 0 atom stereocenters. The Morgan fingerprint density at radius 1 is 1.00 bits per heavy atom. The van der Waals surface area contributed by atoms with Gasteiger partial charge in [0.2, 0.25) is 0 Å². The molecule has 30 heavy (non-hydrogen) atoms. The second kappa shape index (κ2) is 11.6. The number of hydrogen-bond acceptors (Lipinski definition) is 4. The number of aromatic nitrogens is 1. The minimum Gasteiger partial charge on any atom is -0.494 e. The molecule has 6 nitrogen and oxygen atoms in total. The van der Waals surface area contributed by atoms with Gasteiger partial charge in [0.05, 0.1) is 12.1 Å². The van der Waals surface area contributed by atoms with E-state index in [0.717, 1.165) is 34.0 Å². The molecule has 0 spiro atoms. The van der Waals surface area contributed by atoms with Crippen molar-refractivity contribution in [3.05, 3.63) is 65.7 Å². The van der Waals surface area contributed by atoms with Crippen LogP contribution in [0, 0.1) is 0 Å². The number of ether oxygens (including phenoxy) is 1. The monoisotopic (exact) mass is 519 g/mol. The van der Waals surface area contributed by atoms with Gasteiger partial charge >= 0.3 is 0 Å². The van der Waals surface area contributed by atoms with Crippen molar-refractivity contribution in [3.8, 4) is 5.75 Å². The average molecular weight is 519 g/mol. The van der Waals surface area contributed by atoms with Crippen LogP contribution in [0.25, 0.3) is 10.9 Å². The highest BCUT2D eigenvalue weighted by atomic mass is 127. The van der Waals surface area contributed by atoms with E-state index < -0.39 is 0 Å². The molecule has 2 aromatic carbocycles. The van der Waals surface area contributed by atoms with E-state index in [2.05, 4.69) is 33.8 Å². The minimum atomic E-state index is 0. The van der Waals surface area contributed by atoms with Crippen molar-refractivity contribution >= 4 is 46.7 Å². The molecule has 2 N–H and O–H groups in total. The lowest BCUT2D eigenvalue weighted by molar-refractivity contribution is 0.336. The van der Waals surface area contributed by atoms with Gasteiger partial charge in [-0.2, -0.15) is 0 Å². The van der Waals surface area contributed by atoms with Crippen molar-refractivity contribution in [2.24, 2.45) is 4.99 Å². The first-order valence-corrected chi connectivity index (χ1v) is 9.83. The van der Waals surface area contributed by atoms with Crippen molar-refractivity contribution in [2.45, 2.75) is 20.0 Å². The van der Waals surface area contributed by atoms with Crippen LogP contribution >= 0.6 is 24.0 Å². The molecule has 160 valence electrons. The van der Waals surface area contributed by atoms with Crippen molar-refractivity contribution in [2.75, 3.05) is 32.6 Å². The number of nitrogens with zero attached hydrogens (tertiary/aromatic N) is 3. The summed E-state index contributed by atoms with van der Waals surface area (Å²) < 4.78 is 5.70. The van der Waals surface area contributed by atoms with Gasteiger partial charge in [-0.3, -0.25) is 4.99 Å². The molecular weight excluding hydrogens is 489 g/mol. The lowest BCUT2D eigenvalue weighted by Gasteiger charge is -2.17. The van der Waals surface area contributed by atoms with Crippen LogP contribution in [-0.2, 0) is 13.1 Å². The van der Waals surface area contributed by atoms with E-state index in [-0.39, 0.29) is 24.0 Å². The molecule has 0 aliphatic carbocycles. The van der Waals surface area contributed by atoms with Gasteiger partial charge in [-0.1, -0.05) is 36.4 Å². The molecule has 1 aromatic heterocycles. The minimum absolute atomic E-state index is 0. The molecule has 0 bridgehead atoms. The number of hydrogen-bond donors (Lipinski definition) is 2. The second-order valence-electron chi connectivity index (χ2n) is 6.87. The van der Waals surface area contributed by atoms with Gasteiger partial charge in [-0.05, 0) is 30.7 Å². The summed E-state index contributed by atoms with van der Waals surface area (Å²) in [6, 6.07) is 18.4. The average Bonchev–Trinajstić information content (AvgIpc) is 2.74. The first-order chi connectivity index (χ1) is 14.1. The molecule has 0 saturated heterocycles. The fraction of sp³-hybridized carbons (Fsp3) is 0.304. The standard InChI is InChI=1S/C23H29N5O.HI/c1-5-29-21-13-9-6-10-17(21)15-25-23(24-2)26-16-18-14-22(28(3)4)27-20-12-8-7-11-19(18)20;/h6-14H,5,15-16H2,1-4H3,(H2,24,25,26);1H. The molecule has 0 amide bonds. The highest BCUT2D eigenvalue weighted by Crippen LogP contribution is 2.22. The number of anilines is 1. The predicted octanol–water partition coefficient (Wildman–Crippen LogP) is 4.18. The highest BCUT2D eigenvalue weighted by Gasteiger charge is 2.09. The van der Waals surface area contributed by atoms with Crippen molar-refractivity contribution < 1.29 is 4.74 Å². The van der Waals surface area contributed by atoms with Crippen molar-refractivity contribution in [1.29, 1.82) is 0 Å². The van der Waals surface area contributed by atoms with Gasteiger partial charge in [0.1, 0.15) is 11.6 Å². The Hall–Kier alpha value is -2.55. The van der Waals surface area contributed by atoms with E-state index in [9.17, 15) is 0 Å². The normalized spacial score (nSPS) is 11.0. The van der Waals surface area contributed by atoms with Gasteiger partial charge in [0, 0.05) is 45.2 Å². The zero-order valence-corrected chi connectivity index (χ0v) is 20.3. The van der Waals surface area contributed by atoms with Crippen molar-refractivity contribution in [1.82, 2.24) is 15.6 Å². The number of nitrogens with one attached hydrogen (secondary N) is 2. The predicted molar refractivity (Wildman–Crippen MR) is 136 cm³/mol. The number of aliphatic imine (C=N–C) groups is 1. The quantitative estimate of drug-likeness (QED) is 0.279. The van der Waals surface area contributed by atoms with E-state index in [0.29, 0.717) is 19.7 Å². The third-order valence-corrected chi connectivity index (χ3v) is 4.64. The summed E-state index contributed by atoms with van der Waals surface area (Å²) in [6.07, 6.45) is 0. The maximum Gasteiger partial charge on any atom is 0.191 e. The fourth-order valence-electron chi connectivity index (χ4n) is 3.13. The zero-order valence-electron chi connectivity index (χ0n) is 18.0. The maximum absolute atomic E-state index is 5.70. The van der Waals surface area contributed by atoms with Crippen LogP contribution in [0.1, 0.15) is 18.1 Å². The van der Waals surface area contributed by atoms with Gasteiger partial charge in [0.15, 0.2) is 5.96 Å². The summed E-state index contributed by atoms with van der Waals surface area (Å²) in [7, 11) is 5.79. The van der Waals surface area contributed by atoms with E-state index in [4.69, 9.17) is 9.72 Å². The summed E-state index contributed by atoms with van der Waals surface area (Å²) in [4.78, 5) is 11.1. The molecule has 0 aliphatic heterocycles. The number of guanidine groups is 1. The smallest absolute Gasteiger partial charge is 0.191 e. The Bertz CT molecular complexity index is 990. The van der Waals surface area contributed by atoms with Crippen LogP contribution in [0.4, 0.5) is 5.82 Å². The Morgan fingerprint density at radius 2 is 1.67 bits per heavy atom. The van der Waals surface area contributed by atoms with Crippen molar-refractivity contribution in [3.63, 3.8) is 0 Å². The van der Waals surface area contributed by atoms with E-state index in [1.54, 1.807) is 7.05 Å². The zero-order chi connectivity index (χ0) is 20.6. The van der Waals surface area contributed by atoms with Gasteiger partial charge in [-0.15, -0.1) is 24.0 Å². The number of benzene rings is 2. The molecule has 0 fully saturated rings. The Morgan fingerprint density at radius 3 is 2.37 bits per heavy atom. The van der Waals surface area contributed by atoms with Gasteiger partial charge < -0.3 is 20.3 Å². The third-order valence-electron chi connectivity index (χ3n) is 4.64. The summed E-state index contributed by atoms with van der Waals surface area (Å²) in [5.74, 6) is 2.58. The Kier molecular flexibility index (Phi) is 9.16. The topological polar surface area (TPSA) is 61.8 Å². The van der Waals surface area contributed by atoms with Crippen LogP contribution in [0.5, 0.6) is 5.75 Å². The second-order valence-corrected chi connectivity index (χ2v) is 6.87. The Labute approximate surface area is 195 Å². The van der Waals surface area contributed by atoms with Crippen LogP contribution in [0.3, 0.4) is 0 Å². The first-order valence-electron chi connectivity index (χ1n) is 9.83. The number of rotatable bonds is 7. The molecule has 1 heterocycles. The number of halogens is 1. The molecular formula is C23H30IN5O. The number of pyridine rings is 1. The number of para-hydroxylation sites is 2. The van der Waals surface area contributed by atoms with Gasteiger partial charge in [-0.25, -0.2) is 4.98 Å². The molecule has 0 radical (unpaired) electrons. The third kappa shape index (κ3) is 5.98. The molecule has 0 aliphatic rings. The van der Waals surface area contributed by atoms with E-state index in [1.165, 1.54) is 5.56 Å². The van der Waals surface area contributed by atoms with Crippen LogP contribution in [-0.4, -0.2) is 38.7 Å². The van der Waals surface area contributed by atoms with Crippen LogP contribution < -0.4 is 20.3 Å². The SMILES string of the molecule is CCOc1ccccc1CNC(=NC)NCc1cc(N(C)C)nc2ccccc12.I. The fourth-order valence-corrected chi connectivity index (χ4v) is 3.13. The molecule has 0 saturated carbocycles. The van der Waals surface area contributed by atoms with E-state index in [1.807, 2.05) is 62.3 Å². The van der Waals surface area contributed by atoms with E-state index >= 15 is 0 Å². The molecule has 7 heteroatoms. The lowest BCUT2D eigenvalue weighted by atomic mass is 10.1. The summed E-state index contributed by atoms with van der Waals surface area (Å²) in [5.41, 5.74) is 3.27. The van der Waals surface area contributed by atoms with Crippen LogP contribution in [0.15, 0.2) is 59.6 Å². The molecule has 3 aromatic rings. The lowest BCUT2D eigenvalue weighted by Crippen LogP contribution is -2.36. The number of fused-ring (bicyclic) bond motifs is 1. The summed E-state index contributed by atoms with van der Waals surface area (Å²) in [6.45, 7) is 3.92. The van der Waals surface area contributed by atoms with Crippen LogP contribution in [0.2, 0.25) is 0 Å². The Balaban J connectivity index is 0.00000320. The highest BCUT2D eigenvalue weighted by molar-refractivity contribution is 14.0. The molecule has 3 rings (SSSR count). The molecule has 0 unspecified atom stereocenters.